The lowest BCUT2D eigenvalue weighted by Gasteiger charge is -2.09. The molecule has 1 aliphatic rings. The molecule has 1 aliphatic carbocycles. The molecule has 1 saturated carbocycles. The molecule has 1 amide bonds. The highest BCUT2D eigenvalue weighted by Gasteiger charge is 2.50. The standard InChI is InChI=1S/C13H15NO2/c1-3-5-7-11(6-4-2)14-12(16)13(10-15)8-9-13/h3-7,10H,1-2,8-9H2,(H,14,16)/b7-5-,11-6+. The smallest absolute Gasteiger partial charge is 0.237 e. The van der Waals surface area contributed by atoms with Crippen LogP contribution in [0.4, 0.5) is 0 Å². The lowest BCUT2D eigenvalue weighted by molar-refractivity contribution is -0.130. The molecule has 0 saturated heterocycles. The van der Waals surface area contributed by atoms with Crippen LogP contribution in [-0.2, 0) is 9.59 Å². The largest absolute Gasteiger partial charge is 0.325 e. The van der Waals surface area contributed by atoms with Gasteiger partial charge in [-0.1, -0.05) is 31.4 Å². The lowest BCUT2D eigenvalue weighted by Crippen LogP contribution is -2.31. The van der Waals surface area contributed by atoms with E-state index in [1.54, 1.807) is 30.4 Å². The van der Waals surface area contributed by atoms with Crippen LogP contribution >= 0.6 is 0 Å². The highest BCUT2D eigenvalue weighted by molar-refractivity contribution is 6.00. The molecule has 1 rings (SSSR count). The second-order valence-electron chi connectivity index (χ2n) is 3.68. The molecule has 0 aliphatic heterocycles. The summed E-state index contributed by atoms with van der Waals surface area (Å²) in [4.78, 5) is 22.5. The van der Waals surface area contributed by atoms with Gasteiger partial charge >= 0.3 is 0 Å². The minimum absolute atomic E-state index is 0.246. The molecule has 0 aromatic heterocycles. The van der Waals surface area contributed by atoms with Crippen molar-refractivity contribution in [3.8, 4) is 0 Å². The van der Waals surface area contributed by atoms with Crippen molar-refractivity contribution in [1.29, 1.82) is 0 Å². The predicted molar refractivity (Wildman–Crippen MR) is 63.5 cm³/mol. The van der Waals surface area contributed by atoms with Crippen molar-refractivity contribution in [3.05, 3.63) is 49.2 Å². The van der Waals surface area contributed by atoms with Gasteiger partial charge in [0, 0.05) is 5.70 Å². The molecule has 0 aromatic carbocycles. The maximum absolute atomic E-state index is 11.7. The summed E-state index contributed by atoms with van der Waals surface area (Å²) in [5.41, 5.74) is -0.185. The average Bonchev–Trinajstić information content (AvgIpc) is 3.07. The SMILES string of the molecule is C=C/C=C\C(=C/C=C)NC(=O)C1(C=O)CC1. The third-order valence-corrected chi connectivity index (χ3v) is 2.43. The van der Waals surface area contributed by atoms with Crippen LogP contribution in [0, 0.1) is 5.41 Å². The molecule has 0 unspecified atom stereocenters. The number of allylic oxidation sites excluding steroid dienone is 5. The van der Waals surface area contributed by atoms with Gasteiger partial charge in [-0.3, -0.25) is 4.79 Å². The maximum Gasteiger partial charge on any atom is 0.237 e. The van der Waals surface area contributed by atoms with Crippen molar-refractivity contribution in [1.82, 2.24) is 5.32 Å². The average molecular weight is 217 g/mol. The van der Waals surface area contributed by atoms with Gasteiger partial charge in [-0.25, -0.2) is 0 Å². The zero-order chi connectivity index (χ0) is 12.0. The van der Waals surface area contributed by atoms with Gasteiger partial charge in [0.15, 0.2) is 0 Å². The first-order valence-corrected chi connectivity index (χ1v) is 5.08. The van der Waals surface area contributed by atoms with E-state index in [9.17, 15) is 9.59 Å². The number of carbonyl (C=O) groups excluding carboxylic acids is 2. The van der Waals surface area contributed by atoms with E-state index in [2.05, 4.69) is 18.5 Å². The molecule has 1 fully saturated rings. The zero-order valence-corrected chi connectivity index (χ0v) is 9.11. The van der Waals surface area contributed by atoms with E-state index in [1.165, 1.54) is 0 Å². The highest BCUT2D eigenvalue weighted by atomic mass is 16.2. The molecule has 3 heteroatoms. The molecule has 0 atom stereocenters. The van der Waals surface area contributed by atoms with Gasteiger partial charge in [0.05, 0.1) is 0 Å². The summed E-state index contributed by atoms with van der Waals surface area (Å²) in [6.45, 7) is 7.10. The van der Waals surface area contributed by atoms with Crippen molar-refractivity contribution in [3.63, 3.8) is 0 Å². The van der Waals surface area contributed by atoms with E-state index in [4.69, 9.17) is 0 Å². The van der Waals surface area contributed by atoms with Crippen molar-refractivity contribution in [2.24, 2.45) is 5.41 Å². The fourth-order valence-corrected chi connectivity index (χ4v) is 1.23. The van der Waals surface area contributed by atoms with E-state index in [1.807, 2.05) is 0 Å². The number of rotatable bonds is 6. The van der Waals surface area contributed by atoms with Gasteiger partial charge in [0.2, 0.25) is 5.91 Å². The van der Waals surface area contributed by atoms with Crippen molar-refractivity contribution in [2.75, 3.05) is 0 Å². The van der Waals surface area contributed by atoms with Gasteiger partial charge in [-0.2, -0.15) is 0 Å². The van der Waals surface area contributed by atoms with Crippen molar-refractivity contribution in [2.45, 2.75) is 12.8 Å². The number of aldehydes is 1. The molecule has 0 bridgehead atoms. The maximum atomic E-state index is 11.7. The Kier molecular flexibility index (Phi) is 4.00. The van der Waals surface area contributed by atoms with Gasteiger partial charge in [0.1, 0.15) is 11.7 Å². The summed E-state index contributed by atoms with van der Waals surface area (Å²) in [5.74, 6) is -0.246. The Morgan fingerprint density at radius 2 is 1.94 bits per heavy atom. The highest BCUT2D eigenvalue weighted by Crippen LogP contribution is 2.43. The van der Waals surface area contributed by atoms with Crippen LogP contribution in [0.5, 0.6) is 0 Å². The van der Waals surface area contributed by atoms with Crippen molar-refractivity contribution >= 4 is 12.2 Å². The molecular weight excluding hydrogens is 202 g/mol. The van der Waals surface area contributed by atoms with Crippen molar-refractivity contribution < 1.29 is 9.59 Å². The van der Waals surface area contributed by atoms with E-state index in [0.717, 1.165) is 6.29 Å². The second kappa shape index (κ2) is 5.26. The fourth-order valence-electron chi connectivity index (χ4n) is 1.23. The Morgan fingerprint density at radius 1 is 1.25 bits per heavy atom. The monoisotopic (exact) mass is 217 g/mol. The van der Waals surface area contributed by atoms with E-state index < -0.39 is 5.41 Å². The van der Waals surface area contributed by atoms with Gasteiger partial charge in [-0.15, -0.1) is 0 Å². The molecule has 0 radical (unpaired) electrons. The van der Waals surface area contributed by atoms with Gasteiger partial charge in [0.25, 0.3) is 0 Å². The number of hydrogen-bond acceptors (Lipinski definition) is 2. The minimum atomic E-state index is -0.789. The minimum Gasteiger partial charge on any atom is -0.325 e. The van der Waals surface area contributed by atoms with Gasteiger partial charge in [-0.05, 0) is 25.0 Å². The second-order valence-corrected chi connectivity index (χ2v) is 3.68. The van der Waals surface area contributed by atoms with Crippen LogP contribution in [0.15, 0.2) is 49.2 Å². The van der Waals surface area contributed by atoms with E-state index >= 15 is 0 Å². The first-order valence-electron chi connectivity index (χ1n) is 5.08. The quantitative estimate of drug-likeness (QED) is 0.419. The normalized spacial score (nSPS) is 17.9. The Hall–Kier alpha value is -1.90. The Labute approximate surface area is 95.2 Å². The van der Waals surface area contributed by atoms with Gasteiger partial charge < -0.3 is 10.1 Å². The number of amides is 1. The Morgan fingerprint density at radius 3 is 2.38 bits per heavy atom. The summed E-state index contributed by atoms with van der Waals surface area (Å²) < 4.78 is 0. The lowest BCUT2D eigenvalue weighted by atomic mass is 10.1. The summed E-state index contributed by atoms with van der Waals surface area (Å²) in [6.07, 6.45) is 10.2. The summed E-state index contributed by atoms with van der Waals surface area (Å²) in [7, 11) is 0. The van der Waals surface area contributed by atoms with E-state index in [0.29, 0.717) is 18.5 Å². The van der Waals surface area contributed by atoms with Crippen LogP contribution in [0.2, 0.25) is 0 Å². The molecule has 1 N–H and O–H groups in total. The first kappa shape index (κ1) is 12.2. The molecule has 16 heavy (non-hydrogen) atoms. The number of hydrogen-bond donors (Lipinski definition) is 1. The number of carbonyl (C=O) groups is 2. The predicted octanol–water partition coefficient (Wildman–Crippen LogP) is 1.89. The third kappa shape index (κ3) is 2.79. The third-order valence-electron chi connectivity index (χ3n) is 2.43. The Balaban J connectivity index is 2.69. The molecule has 84 valence electrons. The van der Waals surface area contributed by atoms with Crippen LogP contribution < -0.4 is 5.32 Å². The number of nitrogens with one attached hydrogen (secondary N) is 1. The molecule has 3 nitrogen and oxygen atoms in total. The molecular formula is C13H15NO2. The van der Waals surface area contributed by atoms with E-state index in [-0.39, 0.29) is 5.91 Å². The zero-order valence-electron chi connectivity index (χ0n) is 9.11. The Bertz CT molecular complexity index is 373. The van der Waals surface area contributed by atoms with Crippen LogP contribution in [-0.4, -0.2) is 12.2 Å². The topological polar surface area (TPSA) is 46.2 Å². The molecule has 0 spiro atoms. The summed E-state index contributed by atoms with van der Waals surface area (Å²) in [6, 6.07) is 0. The van der Waals surface area contributed by atoms with Crippen LogP contribution in [0.1, 0.15) is 12.8 Å². The summed E-state index contributed by atoms with van der Waals surface area (Å²) >= 11 is 0. The van der Waals surface area contributed by atoms with Crippen LogP contribution in [0.25, 0.3) is 0 Å². The molecule has 0 aromatic rings. The molecule has 0 heterocycles. The van der Waals surface area contributed by atoms with Crippen LogP contribution in [0.3, 0.4) is 0 Å². The fraction of sp³-hybridized carbons (Fsp3) is 0.231. The summed E-state index contributed by atoms with van der Waals surface area (Å²) in [5, 5.41) is 2.69. The first-order chi connectivity index (χ1) is 7.68.